The highest BCUT2D eigenvalue weighted by molar-refractivity contribution is 6.13. The molecule has 0 aliphatic carbocycles. The minimum absolute atomic E-state index is 0.578. The summed E-state index contributed by atoms with van der Waals surface area (Å²) in [5.74, 6) is 1.81. The molecule has 266 valence electrons. The van der Waals surface area contributed by atoms with Crippen LogP contribution in [-0.2, 0) is 0 Å². The Labute approximate surface area is 330 Å². The lowest BCUT2D eigenvalue weighted by atomic mass is 9.91. The fraction of sp³-hybridized carbons (Fsp3) is 0. The topological polar surface area (TPSA) is 43.6 Å². The smallest absolute Gasteiger partial charge is 0.238 e. The Balaban J connectivity index is 1.09. The fourth-order valence-electron chi connectivity index (χ4n) is 8.27. The molecule has 0 fully saturated rings. The number of hydrogen-bond acceptors (Lipinski definition) is 3. The second-order valence-electron chi connectivity index (χ2n) is 14.4. The molecular formula is C53H34N4. The van der Waals surface area contributed by atoms with Gasteiger partial charge in [0.15, 0.2) is 11.6 Å². The normalized spacial score (nSPS) is 11.5. The molecular weight excluding hydrogens is 693 g/mol. The molecule has 0 bridgehead atoms. The van der Waals surface area contributed by atoms with E-state index in [1.807, 2.05) is 6.07 Å². The molecule has 0 saturated heterocycles. The van der Waals surface area contributed by atoms with E-state index in [2.05, 4.69) is 205 Å². The second kappa shape index (κ2) is 13.6. The molecule has 0 atom stereocenters. The largest absolute Gasteiger partial charge is 0.278 e. The van der Waals surface area contributed by atoms with Crippen LogP contribution in [0.25, 0.3) is 105 Å². The maximum atomic E-state index is 5.26. The highest BCUT2D eigenvalue weighted by atomic mass is 15.2. The van der Waals surface area contributed by atoms with Crippen molar-refractivity contribution >= 4 is 43.4 Å². The summed E-state index contributed by atoms with van der Waals surface area (Å²) in [6.45, 7) is 0. The molecule has 0 radical (unpaired) electrons. The predicted molar refractivity (Wildman–Crippen MR) is 236 cm³/mol. The van der Waals surface area contributed by atoms with Crippen molar-refractivity contribution < 1.29 is 0 Å². The van der Waals surface area contributed by atoms with Gasteiger partial charge in [0, 0.05) is 21.9 Å². The first-order chi connectivity index (χ1) is 28.2. The first-order valence-electron chi connectivity index (χ1n) is 19.3. The van der Waals surface area contributed by atoms with Crippen LogP contribution >= 0.6 is 0 Å². The summed E-state index contributed by atoms with van der Waals surface area (Å²) in [5, 5.41) is 7.13. The molecule has 57 heavy (non-hydrogen) atoms. The predicted octanol–water partition coefficient (Wildman–Crippen LogP) is 13.6. The van der Waals surface area contributed by atoms with Gasteiger partial charge < -0.3 is 0 Å². The van der Waals surface area contributed by atoms with Crippen LogP contribution in [0.15, 0.2) is 206 Å². The third kappa shape index (κ3) is 5.74. The van der Waals surface area contributed by atoms with Gasteiger partial charge in [-0.15, -0.1) is 0 Å². The van der Waals surface area contributed by atoms with E-state index < -0.39 is 0 Å². The van der Waals surface area contributed by atoms with E-state index in [1.165, 1.54) is 43.8 Å². The van der Waals surface area contributed by atoms with Gasteiger partial charge in [-0.3, -0.25) is 4.57 Å². The highest BCUT2D eigenvalue weighted by Crippen LogP contribution is 2.38. The molecule has 0 aliphatic rings. The first-order valence-corrected chi connectivity index (χ1v) is 19.3. The van der Waals surface area contributed by atoms with Crippen molar-refractivity contribution in [2.45, 2.75) is 0 Å². The fourth-order valence-corrected chi connectivity index (χ4v) is 8.27. The monoisotopic (exact) mass is 726 g/mol. The number of nitrogens with zero attached hydrogens (tertiary/aromatic N) is 4. The molecule has 0 aliphatic heterocycles. The Bertz CT molecular complexity index is 3250. The van der Waals surface area contributed by atoms with E-state index in [0.717, 1.165) is 44.1 Å². The van der Waals surface area contributed by atoms with Crippen molar-refractivity contribution in [2.24, 2.45) is 0 Å². The van der Waals surface area contributed by atoms with E-state index >= 15 is 0 Å². The first kappa shape index (κ1) is 32.7. The number of para-hydroxylation sites is 1. The van der Waals surface area contributed by atoms with Crippen LogP contribution in [0.5, 0.6) is 0 Å². The third-order valence-electron chi connectivity index (χ3n) is 11.1. The summed E-state index contributed by atoms with van der Waals surface area (Å²) in [5.41, 5.74) is 11.0. The van der Waals surface area contributed by atoms with E-state index in [4.69, 9.17) is 15.0 Å². The zero-order valence-electron chi connectivity index (χ0n) is 30.9. The lowest BCUT2D eigenvalue weighted by molar-refractivity contribution is 0.954. The van der Waals surface area contributed by atoms with Crippen molar-refractivity contribution in [2.75, 3.05) is 0 Å². The van der Waals surface area contributed by atoms with E-state index in [9.17, 15) is 0 Å². The standard InChI is InChI=1S/C53H34N4/c1-3-13-35(14-4-1)36-25-29-40(30-26-36)51-54-52(56-53(55-51)57-48-24-10-9-21-46(48)47-33-42-17-7-8-18-43(42)34-49(47)57)41-31-27-38(28-32-41)45-23-12-20-39-19-11-22-44(50(39)45)37-15-5-2-6-16-37/h1-34H. The Morgan fingerprint density at radius 3 is 1.42 bits per heavy atom. The van der Waals surface area contributed by atoms with Gasteiger partial charge in [-0.1, -0.05) is 188 Å². The summed E-state index contributed by atoms with van der Waals surface area (Å²) in [6.07, 6.45) is 0. The van der Waals surface area contributed by atoms with E-state index in [0.29, 0.717) is 17.6 Å². The number of hydrogen-bond donors (Lipinski definition) is 0. The van der Waals surface area contributed by atoms with Gasteiger partial charge in [0.25, 0.3) is 0 Å². The van der Waals surface area contributed by atoms with Gasteiger partial charge in [0.2, 0.25) is 5.95 Å². The summed E-state index contributed by atoms with van der Waals surface area (Å²) in [4.78, 5) is 15.7. The number of fused-ring (bicyclic) bond motifs is 5. The quantitative estimate of drug-likeness (QED) is 0.171. The maximum absolute atomic E-state index is 5.26. The summed E-state index contributed by atoms with van der Waals surface area (Å²) >= 11 is 0. The summed E-state index contributed by atoms with van der Waals surface area (Å²) in [6, 6.07) is 72.9. The van der Waals surface area contributed by atoms with Crippen LogP contribution in [0.2, 0.25) is 0 Å². The van der Waals surface area contributed by atoms with Crippen LogP contribution in [0.4, 0.5) is 0 Å². The van der Waals surface area contributed by atoms with Crippen molar-refractivity contribution in [3.63, 3.8) is 0 Å². The Morgan fingerprint density at radius 2 is 0.772 bits per heavy atom. The van der Waals surface area contributed by atoms with Crippen LogP contribution in [0, 0.1) is 0 Å². The van der Waals surface area contributed by atoms with Gasteiger partial charge in [0.1, 0.15) is 0 Å². The molecule has 2 aromatic heterocycles. The minimum Gasteiger partial charge on any atom is -0.278 e. The van der Waals surface area contributed by atoms with Crippen LogP contribution < -0.4 is 0 Å². The third-order valence-corrected chi connectivity index (χ3v) is 11.1. The average molecular weight is 727 g/mol. The SMILES string of the molecule is c1ccc(-c2ccc(-c3nc(-c4ccc(-c5cccc6cccc(-c7ccccc7)c56)cc4)nc(-n4c5ccccc5c5cc6ccccc6cc54)n3)cc2)cc1. The van der Waals surface area contributed by atoms with Gasteiger partial charge >= 0.3 is 0 Å². The lowest BCUT2D eigenvalue weighted by Crippen LogP contribution is -2.06. The number of rotatable bonds is 6. The number of benzene rings is 9. The summed E-state index contributed by atoms with van der Waals surface area (Å²) < 4.78 is 2.19. The maximum Gasteiger partial charge on any atom is 0.238 e. The molecule has 0 spiro atoms. The summed E-state index contributed by atoms with van der Waals surface area (Å²) in [7, 11) is 0. The zero-order valence-corrected chi connectivity index (χ0v) is 30.9. The molecule has 4 heteroatoms. The molecule has 0 N–H and O–H groups in total. The molecule has 2 heterocycles. The van der Waals surface area contributed by atoms with Gasteiger partial charge in [-0.05, 0) is 73.1 Å². The Morgan fingerprint density at radius 1 is 0.298 bits per heavy atom. The van der Waals surface area contributed by atoms with Gasteiger partial charge in [0.05, 0.1) is 11.0 Å². The molecule has 0 unspecified atom stereocenters. The van der Waals surface area contributed by atoms with Crippen LogP contribution in [0.3, 0.4) is 0 Å². The molecule has 0 saturated carbocycles. The Hall–Kier alpha value is -7.69. The minimum atomic E-state index is 0.578. The van der Waals surface area contributed by atoms with Gasteiger partial charge in [-0.25, -0.2) is 4.98 Å². The molecule has 0 amide bonds. The second-order valence-corrected chi connectivity index (χ2v) is 14.4. The van der Waals surface area contributed by atoms with Gasteiger partial charge in [-0.2, -0.15) is 9.97 Å². The van der Waals surface area contributed by atoms with Crippen LogP contribution in [0.1, 0.15) is 0 Å². The van der Waals surface area contributed by atoms with Crippen molar-refractivity contribution in [3.8, 4) is 62.1 Å². The molecule has 9 aromatic carbocycles. The number of aromatic nitrogens is 4. The van der Waals surface area contributed by atoms with Crippen molar-refractivity contribution in [3.05, 3.63) is 206 Å². The van der Waals surface area contributed by atoms with Crippen LogP contribution in [-0.4, -0.2) is 19.5 Å². The van der Waals surface area contributed by atoms with E-state index in [1.54, 1.807) is 0 Å². The lowest BCUT2D eigenvalue weighted by Gasteiger charge is -2.14. The van der Waals surface area contributed by atoms with Crippen molar-refractivity contribution in [1.29, 1.82) is 0 Å². The Kier molecular flexibility index (Phi) is 7.78. The average Bonchev–Trinajstić information content (AvgIpc) is 3.61. The highest BCUT2D eigenvalue weighted by Gasteiger charge is 2.19. The van der Waals surface area contributed by atoms with Crippen molar-refractivity contribution in [1.82, 2.24) is 19.5 Å². The molecule has 4 nitrogen and oxygen atoms in total. The molecule has 11 aromatic rings. The molecule has 11 rings (SSSR count). The van der Waals surface area contributed by atoms with E-state index in [-0.39, 0.29) is 0 Å². The zero-order chi connectivity index (χ0) is 37.7.